The van der Waals surface area contributed by atoms with E-state index in [9.17, 15) is 8.78 Å². The Morgan fingerprint density at radius 3 is 2.47 bits per heavy atom. The number of nitrogens with zero attached hydrogens (tertiary/aromatic N) is 2. The molecule has 2 N–H and O–H groups in total. The summed E-state index contributed by atoms with van der Waals surface area (Å²) in [4.78, 5) is 0. The molecular weight excluding hydrogens is 224 g/mol. The van der Waals surface area contributed by atoms with Crippen LogP contribution in [0.4, 0.5) is 14.6 Å². The third-order valence-corrected chi connectivity index (χ3v) is 2.90. The Morgan fingerprint density at radius 1 is 1.29 bits per heavy atom. The number of anilines is 1. The zero-order valence-electron chi connectivity index (χ0n) is 9.88. The highest BCUT2D eigenvalue weighted by molar-refractivity contribution is 5.77. The highest BCUT2D eigenvalue weighted by Gasteiger charge is 2.19. The lowest BCUT2D eigenvalue weighted by Gasteiger charge is -2.10. The van der Waals surface area contributed by atoms with Crippen LogP contribution in [0.3, 0.4) is 0 Å². The summed E-state index contributed by atoms with van der Waals surface area (Å²) < 4.78 is 29.1. The fourth-order valence-electron chi connectivity index (χ4n) is 1.80. The van der Waals surface area contributed by atoms with E-state index in [4.69, 9.17) is 5.73 Å². The molecule has 0 atom stereocenters. The van der Waals surface area contributed by atoms with Gasteiger partial charge in [0.05, 0.1) is 6.20 Å². The normalized spacial score (nSPS) is 10.9. The number of benzene rings is 1. The van der Waals surface area contributed by atoms with E-state index >= 15 is 0 Å². The highest BCUT2D eigenvalue weighted by Crippen LogP contribution is 2.33. The summed E-state index contributed by atoms with van der Waals surface area (Å²) in [6, 6.07) is 1.18. The molecule has 0 spiro atoms. The van der Waals surface area contributed by atoms with E-state index in [1.54, 1.807) is 7.05 Å². The number of hydrogen-bond acceptors (Lipinski definition) is 2. The number of halogens is 2. The second kappa shape index (κ2) is 3.84. The number of rotatable bonds is 1. The SMILES string of the molecule is Cc1cc(F)c(C)c(-c2cnn(C)c2N)c1F. The molecule has 17 heavy (non-hydrogen) atoms. The van der Waals surface area contributed by atoms with Crippen molar-refractivity contribution in [1.29, 1.82) is 0 Å². The fourth-order valence-corrected chi connectivity index (χ4v) is 1.80. The number of nitrogen functional groups attached to an aromatic ring is 1. The minimum atomic E-state index is -0.455. The number of hydrogen-bond donors (Lipinski definition) is 1. The molecule has 0 unspecified atom stereocenters. The summed E-state index contributed by atoms with van der Waals surface area (Å²) in [5.74, 6) is -0.581. The van der Waals surface area contributed by atoms with Crippen molar-refractivity contribution in [2.24, 2.45) is 7.05 Å². The summed E-state index contributed by atoms with van der Waals surface area (Å²) in [6.45, 7) is 3.05. The van der Waals surface area contributed by atoms with Crippen LogP contribution in [0.1, 0.15) is 11.1 Å². The van der Waals surface area contributed by atoms with Gasteiger partial charge >= 0.3 is 0 Å². The van der Waals surface area contributed by atoms with E-state index in [0.717, 1.165) is 0 Å². The van der Waals surface area contributed by atoms with Gasteiger partial charge in [0.2, 0.25) is 0 Å². The lowest BCUT2D eigenvalue weighted by molar-refractivity contribution is 0.588. The van der Waals surface area contributed by atoms with Gasteiger partial charge < -0.3 is 5.73 Å². The Bertz CT molecular complexity index is 562. The molecule has 1 aromatic heterocycles. The van der Waals surface area contributed by atoms with Gasteiger partial charge in [-0.2, -0.15) is 5.10 Å². The summed E-state index contributed by atoms with van der Waals surface area (Å²) in [5, 5.41) is 3.94. The molecule has 0 aliphatic rings. The molecule has 0 aliphatic carbocycles. The second-order valence-corrected chi connectivity index (χ2v) is 4.06. The molecule has 2 aromatic rings. The van der Waals surface area contributed by atoms with Crippen molar-refractivity contribution < 1.29 is 8.78 Å². The molecule has 0 saturated carbocycles. The molecule has 2 rings (SSSR count). The van der Waals surface area contributed by atoms with Crippen LogP contribution in [0, 0.1) is 25.5 Å². The van der Waals surface area contributed by atoms with Gasteiger partial charge in [0.25, 0.3) is 0 Å². The summed E-state index contributed by atoms with van der Waals surface area (Å²) in [6.07, 6.45) is 1.44. The number of nitrogens with two attached hydrogens (primary N) is 1. The molecule has 1 aromatic carbocycles. The zero-order chi connectivity index (χ0) is 12.7. The van der Waals surface area contributed by atoms with Gasteiger partial charge in [0.1, 0.15) is 17.5 Å². The molecule has 0 bridgehead atoms. The molecule has 3 nitrogen and oxygen atoms in total. The average Bonchev–Trinajstić information content (AvgIpc) is 2.59. The lowest BCUT2D eigenvalue weighted by atomic mass is 9.98. The minimum absolute atomic E-state index is 0.188. The van der Waals surface area contributed by atoms with Crippen LogP contribution < -0.4 is 5.73 Å². The Kier molecular flexibility index (Phi) is 2.61. The van der Waals surface area contributed by atoms with Crippen molar-refractivity contribution in [3.8, 4) is 11.1 Å². The van der Waals surface area contributed by atoms with Crippen LogP contribution in [0.5, 0.6) is 0 Å². The topological polar surface area (TPSA) is 43.8 Å². The maximum Gasteiger partial charge on any atom is 0.134 e. The first-order chi connectivity index (χ1) is 7.93. The van der Waals surface area contributed by atoms with E-state index < -0.39 is 11.6 Å². The third kappa shape index (κ3) is 1.67. The zero-order valence-corrected chi connectivity index (χ0v) is 9.88. The molecule has 90 valence electrons. The van der Waals surface area contributed by atoms with E-state index in [1.807, 2.05) is 0 Å². The average molecular weight is 237 g/mol. The van der Waals surface area contributed by atoms with E-state index in [1.165, 1.54) is 30.8 Å². The fraction of sp³-hybridized carbons (Fsp3) is 0.250. The van der Waals surface area contributed by atoms with Gasteiger partial charge in [-0.25, -0.2) is 8.78 Å². The quantitative estimate of drug-likeness (QED) is 0.828. The van der Waals surface area contributed by atoms with Gasteiger partial charge in [0, 0.05) is 18.2 Å². The van der Waals surface area contributed by atoms with Gasteiger partial charge in [0.15, 0.2) is 0 Å². The third-order valence-electron chi connectivity index (χ3n) is 2.90. The predicted octanol–water partition coefficient (Wildman–Crippen LogP) is 2.56. The lowest BCUT2D eigenvalue weighted by Crippen LogP contribution is -2.01. The number of aryl methyl sites for hydroxylation is 2. The molecule has 0 radical (unpaired) electrons. The molecule has 0 fully saturated rings. The number of aromatic nitrogens is 2. The summed E-state index contributed by atoms with van der Waals surface area (Å²) in [5.41, 5.74) is 6.89. The van der Waals surface area contributed by atoms with Crippen LogP contribution in [0.25, 0.3) is 11.1 Å². The highest BCUT2D eigenvalue weighted by atomic mass is 19.1. The Labute approximate surface area is 97.9 Å². The van der Waals surface area contributed by atoms with Crippen LogP contribution >= 0.6 is 0 Å². The Hall–Kier alpha value is -1.91. The first kappa shape index (κ1) is 11.6. The van der Waals surface area contributed by atoms with E-state index in [2.05, 4.69) is 5.10 Å². The van der Waals surface area contributed by atoms with Crippen molar-refractivity contribution in [3.63, 3.8) is 0 Å². The van der Waals surface area contributed by atoms with Crippen LogP contribution in [-0.4, -0.2) is 9.78 Å². The Morgan fingerprint density at radius 2 is 1.94 bits per heavy atom. The minimum Gasteiger partial charge on any atom is -0.383 e. The summed E-state index contributed by atoms with van der Waals surface area (Å²) >= 11 is 0. The van der Waals surface area contributed by atoms with Crippen molar-refractivity contribution in [1.82, 2.24) is 9.78 Å². The first-order valence-electron chi connectivity index (χ1n) is 5.16. The molecule has 0 saturated heterocycles. The van der Waals surface area contributed by atoms with Gasteiger partial charge in [-0.1, -0.05) is 0 Å². The smallest absolute Gasteiger partial charge is 0.134 e. The standard InChI is InChI=1S/C12H13F2N3/c1-6-4-9(13)7(2)10(11(6)14)8-5-16-17(3)12(8)15/h4-5H,15H2,1-3H3. The maximum atomic E-state index is 14.1. The van der Waals surface area contributed by atoms with Gasteiger partial charge in [-0.05, 0) is 31.0 Å². The van der Waals surface area contributed by atoms with E-state index in [0.29, 0.717) is 11.4 Å². The van der Waals surface area contributed by atoms with Crippen LogP contribution in [-0.2, 0) is 7.05 Å². The molecule has 5 heteroatoms. The first-order valence-corrected chi connectivity index (χ1v) is 5.16. The maximum absolute atomic E-state index is 14.1. The largest absolute Gasteiger partial charge is 0.383 e. The molecular formula is C12H13F2N3. The molecule has 1 heterocycles. The van der Waals surface area contributed by atoms with Crippen molar-refractivity contribution >= 4 is 5.82 Å². The second-order valence-electron chi connectivity index (χ2n) is 4.06. The van der Waals surface area contributed by atoms with Crippen molar-refractivity contribution in [2.75, 3.05) is 5.73 Å². The van der Waals surface area contributed by atoms with Crippen molar-refractivity contribution in [2.45, 2.75) is 13.8 Å². The van der Waals surface area contributed by atoms with Gasteiger partial charge in [-0.15, -0.1) is 0 Å². The monoisotopic (exact) mass is 237 g/mol. The Balaban J connectivity index is 2.79. The molecule has 0 aliphatic heterocycles. The van der Waals surface area contributed by atoms with Crippen molar-refractivity contribution in [3.05, 3.63) is 35.0 Å². The summed E-state index contributed by atoms with van der Waals surface area (Å²) in [7, 11) is 1.65. The van der Waals surface area contributed by atoms with E-state index in [-0.39, 0.29) is 16.7 Å². The molecule has 0 amide bonds. The van der Waals surface area contributed by atoms with Crippen LogP contribution in [0.15, 0.2) is 12.3 Å². The predicted molar refractivity (Wildman–Crippen MR) is 62.4 cm³/mol. The van der Waals surface area contributed by atoms with Crippen LogP contribution in [0.2, 0.25) is 0 Å². The van der Waals surface area contributed by atoms with Gasteiger partial charge in [-0.3, -0.25) is 4.68 Å².